The van der Waals surface area contributed by atoms with Crippen molar-refractivity contribution in [1.29, 1.82) is 0 Å². The molecule has 0 saturated carbocycles. The van der Waals surface area contributed by atoms with E-state index in [0.717, 1.165) is 6.42 Å². The molecule has 0 aliphatic heterocycles. The number of phenols is 1. The molecule has 0 aliphatic carbocycles. The topological polar surface area (TPSA) is 29.5 Å². The lowest BCUT2D eigenvalue weighted by Gasteiger charge is -2.04. The number of benzene rings is 1. The van der Waals surface area contributed by atoms with Gasteiger partial charge < -0.3 is 9.84 Å². The van der Waals surface area contributed by atoms with Crippen molar-refractivity contribution in [3.8, 4) is 11.5 Å². The maximum absolute atomic E-state index is 9.17. The van der Waals surface area contributed by atoms with E-state index in [-0.39, 0.29) is 5.75 Å². The molecule has 0 aliphatic rings. The fraction of sp³-hybridized carbons (Fsp3) is 0.333. The van der Waals surface area contributed by atoms with E-state index in [9.17, 15) is 0 Å². The lowest BCUT2D eigenvalue weighted by Crippen LogP contribution is -1.95. The number of hydrogen-bond acceptors (Lipinski definition) is 2. The van der Waals surface area contributed by atoms with Crippen LogP contribution in [-0.4, -0.2) is 11.7 Å². The van der Waals surface area contributed by atoms with Gasteiger partial charge in [-0.05, 0) is 32.4 Å². The fourth-order valence-electron chi connectivity index (χ4n) is 1.10. The second-order valence-electron chi connectivity index (χ2n) is 3.42. The standard InChI is InChI=1S/C12H16O2/c1-10(2)5-4-8-14-12-7-3-6-11(13)9-12/h3,5-7,9,13H,4,8H2,1-2H3. The third kappa shape index (κ3) is 3.99. The Morgan fingerprint density at radius 3 is 2.86 bits per heavy atom. The molecule has 1 aromatic carbocycles. The second kappa shape index (κ2) is 5.32. The van der Waals surface area contributed by atoms with Crippen molar-refractivity contribution in [1.82, 2.24) is 0 Å². The highest BCUT2D eigenvalue weighted by atomic mass is 16.5. The van der Waals surface area contributed by atoms with Crippen LogP contribution in [0.15, 0.2) is 35.9 Å². The van der Waals surface area contributed by atoms with Gasteiger partial charge in [0.2, 0.25) is 0 Å². The van der Waals surface area contributed by atoms with Crippen LogP contribution in [0.25, 0.3) is 0 Å². The summed E-state index contributed by atoms with van der Waals surface area (Å²) in [5.74, 6) is 0.955. The second-order valence-corrected chi connectivity index (χ2v) is 3.42. The van der Waals surface area contributed by atoms with Gasteiger partial charge in [-0.2, -0.15) is 0 Å². The summed E-state index contributed by atoms with van der Waals surface area (Å²) in [5.41, 5.74) is 1.30. The molecule has 0 aromatic heterocycles. The van der Waals surface area contributed by atoms with Crippen LogP contribution in [0.2, 0.25) is 0 Å². The summed E-state index contributed by atoms with van der Waals surface area (Å²) in [6.45, 7) is 4.78. The molecule has 0 bridgehead atoms. The maximum Gasteiger partial charge on any atom is 0.122 e. The monoisotopic (exact) mass is 192 g/mol. The van der Waals surface area contributed by atoms with Crippen molar-refractivity contribution in [3.05, 3.63) is 35.9 Å². The number of hydrogen-bond donors (Lipinski definition) is 1. The van der Waals surface area contributed by atoms with Crippen molar-refractivity contribution in [2.45, 2.75) is 20.3 Å². The molecule has 0 radical (unpaired) electrons. The van der Waals surface area contributed by atoms with E-state index < -0.39 is 0 Å². The van der Waals surface area contributed by atoms with Gasteiger partial charge in [0.05, 0.1) is 6.61 Å². The van der Waals surface area contributed by atoms with Gasteiger partial charge in [-0.1, -0.05) is 17.7 Å². The normalized spacial score (nSPS) is 9.57. The van der Waals surface area contributed by atoms with Crippen LogP contribution in [0.5, 0.6) is 11.5 Å². The molecule has 0 fully saturated rings. The average Bonchev–Trinajstić information content (AvgIpc) is 2.12. The maximum atomic E-state index is 9.17. The molecule has 2 heteroatoms. The van der Waals surface area contributed by atoms with E-state index >= 15 is 0 Å². The van der Waals surface area contributed by atoms with Crippen LogP contribution >= 0.6 is 0 Å². The van der Waals surface area contributed by atoms with E-state index in [4.69, 9.17) is 9.84 Å². The summed E-state index contributed by atoms with van der Waals surface area (Å²) in [6.07, 6.45) is 3.03. The molecule has 1 rings (SSSR count). The van der Waals surface area contributed by atoms with E-state index in [2.05, 4.69) is 19.9 Å². The van der Waals surface area contributed by atoms with Crippen LogP contribution in [-0.2, 0) is 0 Å². The largest absolute Gasteiger partial charge is 0.508 e. The Morgan fingerprint density at radius 1 is 1.43 bits per heavy atom. The van der Waals surface area contributed by atoms with Crippen LogP contribution in [0.3, 0.4) is 0 Å². The highest BCUT2D eigenvalue weighted by Crippen LogP contribution is 2.17. The van der Waals surface area contributed by atoms with Gasteiger partial charge >= 0.3 is 0 Å². The van der Waals surface area contributed by atoms with Crippen LogP contribution in [0.1, 0.15) is 20.3 Å². The van der Waals surface area contributed by atoms with Gasteiger partial charge in [-0.3, -0.25) is 0 Å². The van der Waals surface area contributed by atoms with Gasteiger partial charge in [-0.15, -0.1) is 0 Å². The number of aromatic hydroxyl groups is 1. The third-order valence-electron chi connectivity index (χ3n) is 1.76. The number of allylic oxidation sites excluding steroid dienone is 1. The molecule has 1 aromatic rings. The first kappa shape index (κ1) is 10.6. The third-order valence-corrected chi connectivity index (χ3v) is 1.76. The highest BCUT2D eigenvalue weighted by molar-refractivity contribution is 5.31. The summed E-state index contributed by atoms with van der Waals surface area (Å²) >= 11 is 0. The number of rotatable bonds is 4. The van der Waals surface area contributed by atoms with Gasteiger partial charge in [0.1, 0.15) is 11.5 Å². The Hall–Kier alpha value is -1.44. The molecular weight excluding hydrogens is 176 g/mol. The van der Waals surface area contributed by atoms with Crippen LogP contribution in [0, 0.1) is 0 Å². The number of phenolic OH excluding ortho intramolecular Hbond substituents is 1. The van der Waals surface area contributed by atoms with Crippen molar-refractivity contribution in [3.63, 3.8) is 0 Å². The zero-order chi connectivity index (χ0) is 10.4. The molecule has 0 atom stereocenters. The van der Waals surface area contributed by atoms with Gasteiger partial charge in [-0.25, -0.2) is 0 Å². The first-order chi connectivity index (χ1) is 6.68. The average molecular weight is 192 g/mol. The Bertz CT molecular complexity index is 312. The van der Waals surface area contributed by atoms with Crippen molar-refractivity contribution < 1.29 is 9.84 Å². The first-order valence-corrected chi connectivity index (χ1v) is 4.73. The molecule has 76 valence electrons. The summed E-state index contributed by atoms with van der Waals surface area (Å²) < 4.78 is 5.43. The SMILES string of the molecule is CC(C)=CCCOc1cccc(O)c1. The van der Waals surface area contributed by atoms with E-state index in [0.29, 0.717) is 12.4 Å². The van der Waals surface area contributed by atoms with Crippen LogP contribution in [0.4, 0.5) is 0 Å². The quantitative estimate of drug-likeness (QED) is 0.586. The molecule has 14 heavy (non-hydrogen) atoms. The van der Waals surface area contributed by atoms with E-state index in [1.165, 1.54) is 5.57 Å². The molecule has 0 unspecified atom stereocenters. The van der Waals surface area contributed by atoms with Gasteiger partial charge in [0.15, 0.2) is 0 Å². The smallest absolute Gasteiger partial charge is 0.122 e. The molecule has 0 saturated heterocycles. The van der Waals surface area contributed by atoms with Gasteiger partial charge in [0, 0.05) is 6.07 Å². The summed E-state index contributed by atoms with van der Waals surface area (Å²) in [6, 6.07) is 6.85. The Morgan fingerprint density at radius 2 is 2.21 bits per heavy atom. The fourth-order valence-corrected chi connectivity index (χ4v) is 1.10. The van der Waals surface area contributed by atoms with E-state index in [1.807, 2.05) is 6.07 Å². The molecular formula is C12H16O2. The minimum Gasteiger partial charge on any atom is -0.508 e. The Balaban J connectivity index is 2.35. The predicted molar refractivity (Wildman–Crippen MR) is 57.6 cm³/mol. The summed E-state index contributed by atoms with van der Waals surface area (Å²) in [7, 11) is 0. The predicted octanol–water partition coefficient (Wildman–Crippen LogP) is 3.13. The Labute approximate surface area is 84.8 Å². The zero-order valence-corrected chi connectivity index (χ0v) is 8.66. The van der Waals surface area contributed by atoms with E-state index in [1.54, 1.807) is 18.2 Å². The van der Waals surface area contributed by atoms with Crippen molar-refractivity contribution in [2.24, 2.45) is 0 Å². The summed E-state index contributed by atoms with van der Waals surface area (Å²) in [4.78, 5) is 0. The first-order valence-electron chi connectivity index (χ1n) is 4.73. The highest BCUT2D eigenvalue weighted by Gasteiger charge is 1.93. The molecule has 0 spiro atoms. The number of ether oxygens (including phenoxy) is 1. The zero-order valence-electron chi connectivity index (χ0n) is 8.66. The summed E-state index contributed by atoms with van der Waals surface area (Å²) in [5, 5.41) is 9.17. The minimum absolute atomic E-state index is 0.240. The minimum atomic E-state index is 0.240. The molecule has 2 nitrogen and oxygen atoms in total. The molecule has 0 amide bonds. The molecule has 0 heterocycles. The lowest BCUT2D eigenvalue weighted by atomic mass is 10.3. The Kier molecular flexibility index (Phi) is 4.05. The van der Waals surface area contributed by atoms with Gasteiger partial charge in [0.25, 0.3) is 0 Å². The lowest BCUT2D eigenvalue weighted by molar-refractivity contribution is 0.322. The van der Waals surface area contributed by atoms with Crippen molar-refractivity contribution >= 4 is 0 Å². The van der Waals surface area contributed by atoms with Crippen LogP contribution < -0.4 is 4.74 Å². The molecule has 1 N–H and O–H groups in total. The van der Waals surface area contributed by atoms with Crippen molar-refractivity contribution in [2.75, 3.05) is 6.61 Å².